The largest absolute Gasteiger partial charge is 0.377 e. The Morgan fingerprint density at radius 3 is 2.71 bits per heavy atom. The first-order chi connectivity index (χ1) is 8.15. The maximum atomic E-state index is 13.3. The first kappa shape index (κ1) is 12.0. The highest BCUT2D eigenvalue weighted by Gasteiger charge is 2.03. The summed E-state index contributed by atoms with van der Waals surface area (Å²) >= 11 is 3.27. The maximum absolute atomic E-state index is 13.3. The molecule has 88 valence electrons. The lowest BCUT2D eigenvalue weighted by molar-refractivity contribution is 0.602. The zero-order valence-electron chi connectivity index (χ0n) is 8.75. The molecule has 0 amide bonds. The highest BCUT2D eigenvalue weighted by Crippen LogP contribution is 2.16. The molecule has 0 aliphatic carbocycles. The van der Waals surface area contributed by atoms with Crippen LogP contribution in [0.15, 0.2) is 41.0 Å². The van der Waals surface area contributed by atoms with E-state index in [1.54, 1.807) is 12.3 Å². The standard InChI is InChI=1S/C12H9BrF2N2/c13-8-1-3-10(16-6-8)7-17-12-5-9(14)2-4-11(12)15/h1-6,17H,7H2. The van der Waals surface area contributed by atoms with E-state index in [1.807, 2.05) is 6.07 Å². The van der Waals surface area contributed by atoms with Gasteiger partial charge in [0.1, 0.15) is 11.6 Å². The third-order valence-corrected chi connectivity index (χ3v) is 2.65. The van der Waals surface area contributed by atoms with E-state index in [2.05, 4.69) is 26.2 Å². The molecule has 0 aliphatic rings. The van der Waals surface area contributed by atoms with Crippen LogP contribution in [0, 0.1) is 11.6 Å². The van der Waals surface area contributed by atoms with Crippen molar-refractivity contribution in [1.82, 2.24) is 4.98 Å². The highest BCUT2D eigenvalue weighted by atomic mass is 79.9. The summed E-state index contributed by atoms with van der Waals surface area (Å²) in [5.74, 6) is -0.957. The second-order valence-corrected chi connectivity index (χ2v) is 4.36. The zero-order chi connectivity index (χ0) is 12.3. The van der Waals surface area contributed by atoms with Gasteiger partial charge in [0.05, 0.1) is 17.9 Å². The van der Waals surface area contributed by atoms with Crippen LogP contribution in [0.2, 0.25) is 0 Å². The van der Waals surface area contributed by atoms with Crippen LogP contribution < -0.4 is 5.32 Å². The van der Waals surface area contributed by atoms with Gasteiger partial charge >= 0.3 is 0 Å². The van der Waals surface area contributed by atoms with Crippen molar-refractivity contribution >= 4 is 21.6 Å². The molecule has 0 spiro atoms. The number of halogens is 3. The molecule has 2 rings (SSSR count). The molecule has 1 heterocycles. The zero-order valence-corrected chi connectivity index (χ0v) is 10.3. The number of nitrogens with one attached hydrogen (secondary N) is 1. The molecule has 1 aromatic carbocycles. The summed E-state index contributed by atoms with van der Waals surface area (Å²) in [6.45, 7) is 0.341. The van der Waals surface area contributed by atoms with Crippen LogP contribution in [0.25, 0.3) is 0 Å². The number of benzene rings is 1. The summed E-state index contributed by atoms with van der Waals surface area (Å²) in [7, 11) is 0. The molecule has 2 aromatic rings. The molecule has 0 aliphatic heterocycles. The van der Waals surface area contributed by atoms with E-state index in [-0.39, 0.29) is 5.69 Å². The monoisotopic (exact) mass is 298 g/mol. The van der Waals surface area contributed by atoms with Crippen molar-refractivity contribution in [3.63, 3.8) is 0 Å². The van der Waals surface area contributed by atoms with Gasteiger partial charge in [-0.05, 0) is 46.3 Å². The van der Waals surface area contributed by atoms with Gasteiger partial charge in [-0.1, -0.05) is 0 Å². The first-order valence-corrected chi connectivity index (χ1v) is 5.74. The lowest BCUT2D eigenvalue weighted by atomic mass is 10.3. The van der Waals surface area contributed by atoms with Crippen molar-refractivity contribution in [2.45, 2.75) is 6.54 Å². The number of nitrogens with zero attached hydrogens (tertiary/aromatic N) is 1. The molecular weight excluding hydrogens is 290 g/mol. The predicted octanol–water partition coefficient (Wildman–Crippen LogP) is 3.73. The van der Waals surface area contributed by atoms with E-state index < -0.39 is 11.6 Å². The Morgan fingerprint density at radius 1 is 1.18 bits per heavy atom. The Bertz CT molecular complexity index is 514. The molecule has 1 aromatic heterocycles. The predicted molar refractivity (Wildman–Crippen MR) is 65.6 cm³/mol. The van der Waals surface area contributed by atoms with Crippen molar-refractivity contribution in [1.29, 1.82) is 0 Å². The molecule has 5 heteroatoms. The highest BCUT2D eigenvalue weighted by molar-refractivity contribution is 9.10. The fourth-order valence-corrected chi connectivity index (χ4v) is 1.56. The fourth-order valence-electron chi connectivity index (χ4n) is 1.33. The molecule has 0 saturated heterocycles. The molecule has 0 bridgehead atoms. The molecule has 2 nitrogen and oxygen atoms in total. The van der Waals surface area contributed by atoms with E-state index in [1.165, 1.54) is 0 Å². The van der Waals surface area contributed by atoms with Gasteiger partial charge in [0.2, 0.25) is 0 Å². The molecule has 0 saturated carbocycles. The Kier molecular flexibility index (Phi) is 3.68. The lowest BCUT2D eigenvalue weighted by Gasteiger charge is -2.07. The Hall–Kier alpha value is -1.49. The van der Waals surface area contributed by atoms with Crippen molar-refractivity contribution < 1.29 is 8.78 Å². The molecule has 0 atom stereocenters. The van der Waals surface area contributed by atoms with Crippen LogP contribution in [-0.2, 0) is 6.54 Å². The van der Waals surface area contributed by atoms with Crippen LogP contribution in [0.3, 0.4) is 0 Å². The summed E-state index contributed by atoms with van der Waals surface area (Å²) in [4.78, 5) is 4.12. The summed E-state index contributed by atoms with van der Waals surface area (Å²) in [6.07, 6.45) is 1.65. The third kappa shape index (κ3) is 3.23. The van der Waals surface area contributed by atoms with Crippen molar-refractivity contribution in [2.24, 2.45) is 0 Å². The van der Waals surface area contributed by atoms with Gasteiger partial charge < -0.3 is 5.32 Å². The van der Waals surface area contributed by atoms with Gasteiger partial charge in [-0.2, -0.15) is 0 Å². The van der Waals surface area contributed by atoms with Crippen LogP contribution in [0.5, 0.6) is 0 Å². The SMILES string of the molecule is Fc1ccc(F)c(NCc2ccc(Br)cn2)c1. The van der Waals surface area contributed by atoms with E-state index in [4.69, 9.17) is 0 Å². The van der Waals surface area contributed by atoms with E-state index in [0.717, 1.165) is 28.4 Å². The smallest absolute Gasteiger partial charge is 0.146 e. The number of hydrogen-bond donors (Lipinski definition) is 1. The van der Waals surface area contributed by atoms with Crippen LogP contribution in [0.1, 0.15) is 5.69 Å². The molecule has 0 fully saturated rings. The number of anilines is 1. The minimum Gasteiger partial charge on any atom is -0.377 e. The summed E-state index contributed by atoms with van der Waals surface area (Å²) in [5.41, 5.74) is 0.881. The summed E-state index contributed by atoms with van der Waals surface area (Å²) < 4.78 is 27.1. The number of rotatable bonds is 3. The minimum absolute atomic E-state index is 0.134. The second-order valence-electron chi connectivity index (χ2n) is 3.45. The van der Waals surface area contributed by atoms with Crippen LogP contribution in [-0.4, -0.2) is 4.98 Å². The molecule has 17 heavy (non-hydrogen) atoms. The molecule has 0 radical (unpaired) electrons. The maximum Gasteiger partial charge on any atom is 0.146 e. The van der Waals surface area contributed by atoms with Crippen molar-refractivity contribution in [3.05, 3.63) is 58.3 Å². The summed E-state index contributed by atoms with van der Waals surface area (Å²) in [6, 6.07) is 6.93. The van der Waals surface area contributed by atoms with Crippen molar-refractivity contribution in [3.8, 4) is 0 Å². The van der Waals surface area contributed by atoms with Gasteiger partial charge in [0.25, 0.3) is 0 Å². The Labute approximate surface area is 106 Å². The average Bonchev–Trinajstić information content (AvgIpc) is 2.32. The average molecular weight is 299 g/mol. The first-order valence-electron chi connectivity index (χ1n) is 4.94. The quantitative estimate of drug-likeness (QED) is 0.934. The van der Waals surface area contributed by atoms with Gasteiger partial charge in [0.15, 0.2) is 0 Å². The number of pyridine rings is 1. The Morgan fingerprint density at radius 2 is 2.00 bits per heavy atom. The fraction of sp³-hybridized carbons (Fsp3) is 0.0833. The van der Waals surface area contributed by atoms with Gasteiger partial charge in [-0.15, -0.1) is 0 Å². The van der Waals surface area contributed by atoms with E-state index in [9.17, 15) is 8.78 Å². The van der Waals surface area contributed by atoms with E-state index in [0.29, 0.717) is 6.54 Å². The van der Waals surface area contributed by atoms with Crippen molar-refractivity contribution in [2.75, 3.05) is 5.32 Å². The Balaban J connectivity index is 2.07. The number of aromatic nitrogens is 1. The topological polar surface area (TPSA) is 24.9 Å². The molecule has 1 N–H and O–H groups in total. The molecule has 0 unspecified atom stereocenters. The molecular formula is C12H9BrF2N2. The van der Waals surface area contributed by atoms with Gasteiger partial charge in [-0.3, -0.25) is 4.98 Å². The summed E-state index contributed by atoms with van der Waals surface area (Å²) in [5, 5.41) is 2.80. The minimum atomic E-state index is -0.483. The van der Waals surface area contributed by atoms with Gasteiger partial charge in [0, 0.05) is 10.7 Å². The lowest BCUT2D eigenvalue weighted by Crippen LogP contribution is -2.03. The third-order valence-electron chi connectivity index (χ3n) is 2.18. The van der Waals surface area contributed by atoms with Gasteiger partial charge in [-0.25, -0.2) is 8.78 Å². The van der Waals surface area contributed by atoms with Crippen LogP contribution >= 0.6 is 15.9 Å². The normalized spacial score (nSPS) is 10.3. The van der Waals surface area contributed by atoms with Crippen LogP contribution in [0.4, 0.5) is 14.5 Å². The second kappa shape index (κ2) is 5.23. The van der Waals surface area contributed by atoms with E-state index >= 15 is 0 Å². The number of hydrogen-bond acceptors (Lipinski definition) is 2.